The second-order valence-electron chi connectivity index (χ2n) is 5.31. The van der Waals surface area contributed by atoms with E-state index in [1.165, 1.54) is 12.5 Å². The zero-order chi connectivity index (χ0) is 14.8. The molecule has 1 unspecified atom stereocenters. The van der Waals surface area contributed by atoms with Gasteiger partial charge in [-0.25, -0.2) is 13.1 Å². The Morgan fingerprint density at radius 3 is 2.65 bits per heavy atom. The van der Waals surface area contributed by atoms with Crippen LogP contribution < -0.4 is 4.72 Å². The number of nitrogens with one attached hydrogen (secondary N) is 1. The first kappa shape index (κ1) is 15.8. The summed E-state index contributed by atoms with van der Waals surface area (Å²) in [5.41, 5.74) is 0.607. The number of aliphatic hydroxyl groups is 1. The van der Waals surface area contributed by atoms with E-state index in [-0.39, 0.29) is 9.64 Å². The third kappa shape index (κ3) is 3.36. The molecule has 0 bridgehead atoms. The van der Waals surface area contributed by atoms with E-state index in [9.17, 15) is 13.5 Å². The molecule has 2 N–H and O–H groups in total. The highest BCUT2D eigenvalue weighted by Gasteiger charge is 2.37. The van der Waals surface area contributed by atoms with E-state index >= 15 is 0 Å². The molecule has 1 saturated carbocycles. The molecule has 1 aliphatic carbocycles. The Labute approximate surface area is 125 Å². The van der Waals surface area contributed by atoms with Crippen molar-refractivity contribution in [3.05, 3.63) is 29.8 Å². The first-order chi connectivity index (χ1) is 9.38. The topological polar surface area (TPSA) is 66.4 Å². The van der Waals surface area contributed by atoms with Crippen LogP contribution in [0.4, 0.5) is 0 Å². The van der Waals surface area contributed by atoms with Gasteiger partial charge in [-0.3, -0.25) is 0 Å². The highest BCUT2D eigenvalue weighted by molar-refractivity contribution is 8.00. The Kier molecular flexibility index (Phi) is 4.79. The van der Waals surface area contributed by atoms with Crippen molar-refractivity contribution in [1.29, 1.82) is 0 Å². The molecule has 1 fully saturated rings. The number of benzene rings is 1. The van der Waals surface area contributed by atoms with Crippen LogP contribution in [0.2, 0.25) is 0 Å². The van der Waals surface area contributed by atoms with Crippen LogP contribution in [-0.2, 0) is 10.0 Å². The van der Waals surface area contributed by atoms with Gasteiger partial charge in [0.1, 0.15) is 0 Å². The summed E-state index contributed by atoms with van der Waals surface area (Å²) in [6.07, 6.45) is 4.64. The number of sulfonamides is 1. The molecule has 0 saturated heterocycles. The van der Waals surface area contributed by atoms with E-state index < -0.39 is 16.1 Å². The third-order valence-electron chi connectivity index (χ3n) is 3.93. The van der Waals surface area contributed by atoms with Gasteiger partial charge in [-0.05, 0) is 43.7 Å². The van der Waals surface area contributed by atoms with Gasteiger partial charge in [0.2, 0.25) is 10.0 Å². The molecule has 6 heteroatoms. The van der Waals surface area contributed by atoms with Gasteiger partial charge in [-0.1, -0.05) is 18.6 Å². The minimum atomic E-state index is -3.51. The molecule has 1 aromatic carbocycles. The fourth-order valence-electron chi connectivity index (χ4n) is 2.28. The van der Waals surface area contributed by atoms with Crippen LogP contribution in [0.5, 0.6) is 0 Å². The normalized spacial score (nSPS) is 19.4. The number of rotatable bonds is 6. The average Bonchev–Trinajstić information content (AvgIpc) is 2.38. The number of hydrogen-bond donors (Lipinski definition) is 2. The molecule has 112 valence electrons. The minimum Gasteiger partial charge on any atom is -0.389 e. The minimum absolute atomic E-state index is 0.0644. The van der Waals surface area contributed by atoms with Crippen molar-refractivity contribution in [2.24, 2.45) is 0 Å². The summed E-state index contributed by atoms with van der Waals surface area (Å²) >= 11 is 1.74. The maximum Gasteiger partial charge on any atom is 0.240 e. The Morgan fingerprint density at radius 2 is 2.15 bits per heavy atom. The van der Waals surface area contributed by atoms with Crippen LogP contribution in [0.15, 0.2) is 29.2 Å². The molecule has 1 aliphatic rings. The highest BCUT2D eigenvalue weighted by Crippen LogP contribution is 2.42. The number of aliphatic hydroxyl groups excluding tert-OH is 1. The lowest BCUT2D eigenvalue weighted by atomic mass is 9.84. The summed E-state index contributed by atoms with van der Waals surface area (Å²) in [6.45, 7) is 2.09. The number of thioether (sulfide) groups is 1. The van der Waals surface area contributed by atoms with E-state index in [0.717, 1.165) is 12.8 Å². The van der Waals surface area contributed by atoms with Crippen LogP contribution in [-0.4, -0.2) is 31.1 Å². The summed E-state index contributed by atoms with van der Waals surface area (Å²) in [4.78, 5) is 0.214. The van der Waals surface area contributed by atoms with Gasteiger partial charge in [0.05, 0.1) is 11.0 Å². The van der Waals surface area contributed by atoms with Gasteiger partial charge in [0.15, 0.2) is 0 Å². The molecule has 20 heavy (non-hydrogen) atoms. The molecule has 0 heterocycles. The lowest BCUT2D eigenvalue weighted by Crippen LogP contribution is -2.45. The molecule has 1 atom stereocenters. The summed E-state index contributed by atoms with van der Waals surface area (Å²) < 4.78 is 27.4. The molecule has 2 rings (SSSR count). The monoisotopic (exact) mass is 315 g/mol. The maximum absolute atomic E-state index is 12.3. The summed E-state index contributed by atoms with van der Waals surface area (Å²) in [5.74, 6) is 0. The lowest BCUT2D eigenvalue weighted by molar-refractivity contribution is 0.199. The smallest absolute Gasteiger partial charge is 0.240 e. The lowest BCUT2D eigenvalue weighted by Gasteiger charge is -2.40. The van der Waals surface area contributed by atoms with Crippen molar-refractivity contribution in [3.63, 3.8) is 0 Å². The molecule has 0 aliphatic heterocycles. The van der Waals surface area contributed by atoms with E-state index in [0.29, 0.717) is 12.1 Å². The second-order valence-corrected chi connectivity index (χ2v) is 8.35. The van der Waals surface area contributed by atoms with Crippen molar-refractivity contribution in [2.45, 2.75) is 41.9 Å². The summed E-state index contributed by atoms with van der Waals surface area (Å²) in [7, 11) is -3.51. The molecular weight excluding hydrogens is 294 g/mol. The molecular formula is C14H21NO3S2. The van der Waals surface area contributed by atoms with Crippen molar-refractivity contribution >= 4 is 21.8 Å². The predicted octanol–water partition coefficient (Wildman–Crippen LogP) is 2.30. The molecule has 0 radical (unpaired) electrons. The van der Waals surface area contributed by atoms with E-state index in [2.05, 4.69) is 4.72 Å². The van der Waals surface area contributed by atoms with Crippen LogP contribution in [0, 0.1) is 0 Å². The highest BCUT2D eigenvalue weighted by atomic mass is 32.2. The van der Waals surface area contributed by atoms with Gasteiger partial charge in [0.25, 0.3) is 0 Å². The fraction of sp³-hybridized carbons (Fsp3) is 0.571. The Bertz CT molecular complexity index is 560. The average molecular weight is 315 g/mol. The molecule has 1 aromatic rings. The first-order valence-electron chi connectivity index (χ1n) is 6.71. The third-order valence-corrected chi connectivity index (χ3v) is 6.75. The van der Waals surface area contributed by atoms with Crippen molar-refractivity contribution in [3.8, 4) is 0 Å². The van der Waals surface area contributed by atoms with Crippen molar-refractivity contribution in [1.82, 2.24) is 4.72 Å². The largest absolute Gasteiger partial charge is 0.389 e. The van der Waals surface area contributed by atoms with Crippen molar-refractivity contribution < 1.29 is 13.5 Å². The van der Waals surface area contributed by atoms with Crippen molar-refractivity contribution in [2.75, 3.05) is 12.8 Å². The van der Waals surface area contributed by atoms with Gasteiger partial charge in [-0.2, -0.15) is 11.8 Å². The van der Waals surface area contributed by atoms with Crippen LogP contribution in [0.25, 0.3) is 0 Å². The summed E-state index contributed by atoms with van der Waals surface area (Å²) in [5, 5.41) is 9.54. The maximum atomic E-state index is 12.3. The number of hydrogen-bond acceptors (Lipinski definition) is 4. The second kappa shape index (κ2) is 6.05. The van der Waals surface area contributed by atoms with Gasteiger partial charge < -0.3 is 5.11 Å². The van der Waals surface area contributed by atoms with Gasteiger partial charge in [0, 0.05) is 11.3 Å². The Morgan fingerprint density at radius 1 is 1.45 bits per heavy atom. The van der Waals surface area contributed by atoms with E-state index in [1.54, 1.807) is 36.9 Å². The van der Waals surface area contributed by atoms with Crippen LogP contribution in [0.1, 0.15) is 37.9 Å². The van der Waals surface area contributed by atoms with Gasteiger partial charge in [-0.15, -0.1) is 0 Å². The quantitative estimate of drug-likeness (QED) is 0.845. The zero-order valence-electron chi connectivity index (χ0n) is 11.8. The van der Waals surface area contributed by atoms with Crippen LogP contribution >= 0.6 is 11.8 Å². The van der Waals surface area contributed by atoms with E-state index in [4.69, 9.17) is 0 Å². The Balaban J connectivity index is 2.12. The summed E-state index contributed by atoms with van der Waals surface area (Å²) in [6, 6.07) is 6.46. The zero-order valence-corrected chi connectivity index (χ0v) is 13.4. The van der Waals surface area contributed by atoms with Gasteiger partial charge >= 0.3 is 0 Å². The Hall–Kier alpha value is -0.560. The van der Waals surface area contributed by atoms with E-state index in [1.807, 2.05) is 6.26 Å². The first-order valence-corrected chi connectivity index (χ1v) is 9.42. The molecule has 4 nitrogen and oxygen atoms in total. The molecule has 0 spiro atoms. The predicted molar refractivity (Wildman–Crippen MR) is 82.4 cm³/mol. The molecule has 0 aromatic heterocycles. The SMILES string of the molecule is CSC1(CNS(=O)(=O)c2cccc(C(C)O)c2)CCC1. The van der Waals surface area contributed by atoms with Crippen LogP contribution in [0.3, 0.4) is 0 Å². The standard InChI is InChI=1S/C14H21NO3S2/c1-11(16)12-5-3-6-13(9-12)20(17,18)15-10-14(19-2)7-4-8-14/h3,5-6,9,11,15-16H,4,7-8,10H2,1-2H3. The fourth-order valence-corrected chi connectivity index (χ4v) is 4.46. The molecule has 0 amide bonds.